The smallest absolute Gasteiger partial charge is 0.332 e. The molecule has 192 valence electrons. The molecule has 7 heteroatoms. The van der Waals surface area contributed by atoms with Gasteiger partial charge in [0.15, 0.2) is 0 Å². The van der Waals surface area contributed by atoms with Crippen molar-refractivity contribution in [3.63, 3.8) is 0 Å². The molecule has 0 saturated carbocycles. The Bertz CT molecular complexity index is 1260. The van der Waals surface area contributed by atoms with Crippen molar-refractivity contribution in [3.8, 4) is 0 Å². The summed E-state index contributed by atoms with van der Waals surface area (Å²) in [6.45, 7) is 7.04. The minimum absolute atomic E-state index is 0.201. The molecular formula is C30H33N3O3S. The van der Waals surface area contributed by atoms with Crippen LogP contribution in [0, 0.1) is 6.92 Å². The summed E-state index contributed by atoms with van der Waals surface area (Å²) in [6.07, 6.45) is 0.283. The van der Waals surface area contributed by atoms with Crippen LogP contribution in [0.2, 0.25) is 0 Å². The lowest BCUT2D eigenvalue weighted by molar-refractivity contribution is -0.147. The number of para-hydroxylation sites is 2. The third-order valence-electron chi connectivity index (χ3n) is 7.22. The summed E-state index contributed by atoms with van der Waals surface area (Å²) in [4.78, 5) is 35.0. The van der Waals surface area contributed by atoms with Gasteiger partial charge in [0.2, 0.25) is 4.75 Å². The molecular weight excluding hydrogens is 482 g/mol. The van der Waals surface area contributed by atoms with Crippen molar-refractivity contribution < 1.29 is 14.3 Å². The molecule has 0 radical (unpaired) electrons. The topological polar surface area (TPSA) is 53.1 Å². The molecule has 1 atom stereocenters. The highest BCUT2D eigenvalue weighted by Crippen LogP contribution is 2.47. The van der Waals surface area contributed by atoms with E-state index in [4.69, 9.17) is 4.74 Å². The number of piperazine rings is 1. The zero-order chi connectivity index (χ0) is 25.8. The first-order chi connectivity index (χ1) is 18.0. The van der Waals surface area contributed by atoms with Crippen molar-refractivity contribution in [1.29, 1.82) is 0 Å². The minimum atomic E-state index is -1.36. The fraction of sp³-hybridized carbons (Fsp3) is 0.333. The van der Waals surface area contributed by atoms with Crippen molar-refractivity contribution in [3.05, 3.63) is 90.0 Å². The Balaban J connectivity index is 1.36. The Morgan fingerprint density at radius 1 is 0.919 bits per heavy atom. The predicted octanol–water partition coefficient (Wildman–Crippen LogP) is 4.41. The van der Waals surface area contributed by atoms with Crippen LogP contribution in [0.1, 0.15) is 11.1 Å². The number of aryl methyl sites for hydroxylation is 1. The van der Waals surface area contributed by atoms with Crippen molar-refractivity contribution >= 4 is 35.0 Å². The predicted molar refractivity (Wildman–Crippen MR) is 149 cm³/mol. The van der Waals surface area contributed by atoms with Crippen LogP contribution in [0.5, 0.6) is 0 Å². The Hall–Kier alpha value is -3.29. The van der Waals surface area contributed by atoms with Gasteiger partial charge >= 0.3 is 5.97 Å². The summed E-state index contributed by atoms with van der Waals surface area (Å²) < 4.78 is 3.90. The number of anilines is 2. The molecule has 0 aromatic heterocycles. The molecule has 3 aromatic rings. The first kappa shape index (κ1) is 25.4. The molecule has 1 saturated heterocycles. The van der Waals surface area contributed by atoms with E-state index < -0.39 is 10.7 Å². The van der Waals surface area contributed by atoms with Gasteiger partial charge in [-0.05, 0) is 36.8 Å². The van der Waals surface area contributed by atoms with E-state index in [0.29, 0.717) is 6.54 Å². The summed E-state index contributed by atoms with van der Waals surface area (Å²) in [5.41, 5.74) is 4.16. The lowest BCUT2D eigenvalue weighted by atomic mass is 9.95. The molecule has 1 unspecified atom stereocenters. The van der Waals surface area contributed by atoms with Gasteiger partial charge in [0.05, 0.1) is 12.8 Å². The highest BCUT2D eigenvalue weighted by molar-refractivity contribution is 8.02. The third-order valence-corrected chi connectivity index (χ3v) is 8.61. The number of carbonyl (C=O) groups is 2. The van der Waals surface area contributed by atoms with Crippen LogP contribution in [0.25, 0.3) is 0 Å². The molecule has 0 aliphatic carbocycles. The highest BCUT2D eigenvalue weighted by Gasteiger charge is 2.54. The summed E-state index contributed by atoms with van der Waals surface area (Å²) >= 11 is 1.32. The van der Waals surface area contributed by atoms with Gasteiger partial charge < -0.3 is 14.5 Å². The lowest BCUT2D eigenvalue weighted by Crippen LogP contribution is -2.58. The molecule has 6 nitrogen and oxygen atoms in total. The Morgan fingerprint density at radius 2 is 1.65 bits per heavy atom. The first-order valence-corrected chi connectivity index (χ1v) is 13.6. The van der Waals surface area contributed by atoms with Crippen LogP contribution < -0.4 is 9.80 Å². The molecule has 1 amide bonds. The maximum Gasteiger partial charge on any atom is 0.332 e. The SMILES string of the molecule is COC(=O)C1(Cc2cccc(C)c2)Sc2ccccc2N(CCN2CCN(c3ccccc3)CC2)C1=O. The van der Waals surface area contributed by atoms with Crippen LogP contribution in [-0.2, 0) is 20.7 Å². The number of fused-ring (bicyclic) bond motifs is 1. The number of hydrogen-bond acceptors (Lipinski definition) is 6. The summed E-state index contributed by atoms with van der Waals surface area (Å²) in [5.74, 6) is -0.701. The first-order valence-electron chi connectivity index (χ1n) is 12.8. The average Bonchev–Trinajstić information content (AvgIpc) is 2.93. The maximum absolute atomic E-state index is 14.2. The molecule has 1 fully saturated rings. The van der Waals surface area contributed by atoms with E-state index in [-0.39, 0.29) is 12.3 Å². The molecule has 2 aliphatic rings. The molecule has 0 bridgehead atoms. The lowest BCUT2D eigenvalue weighted by Gasteiger charge is -2.42. The number of ether oxygens (including phenoxy) is 1. The van der Waals surface area contributed by atoms with Crippen molar-refractivity contribution in [2.45, 2.75) is 23.0 Å². The second-order valence-corrected chi connectivity index (χ2v) is 11.0. The van der Waals surface area contributed by atoms with Crippen molar-refractivity contribution in [2.24, 2.45) is 0 Å². The number of methoxy groups -OCH3 is 1. The number of amides is 1. The molecule has 0 spiro atoms. The fourth-order valence-electron chi connectivity index (χ4n) is 5.24. The van der Waals surface area contributed by atoms with E-state index in [0.717, 1.165) is 54.4 Å². The van der Waals surface area contributed by atoms with E-state index in [1.54, 1.807) is 0 Å². The number of benzene rings is 3. The van der Waals surface area contributed by atoms with Crippen LogP contribution in [-0.4, -0.2) is 67.9 Å². The zero-order valence-electron chi connectivity index (χ0n) is 21.4. The van der Waals surface area contributed by atoms with Crippen LogP contribution in [0.15, 0.2) is 83.8 Å². The van der Waals surface area contributed by atoms with Crippen LogP contribution in [0.4, 0.5) is 11.4 Å². The number of carbonyl (C=O) groups excluding carboxylic acids is 2. The quantitative estimate of drug-likeness (QED) is 0.343. The maximum atomic E-state index is 14.2. The normalized spacial score (nSPS) is 20.0. The molecule has 3 aromatic carbocycles. The third kappa shape index (κ3) is 5.24. The summed E-state index contributed by atoms with van der Waals surface area (Å²) in [7, 11) is 1.37. The van der Waals surface area contributed by atoms with E-state index in [9.17, 15) is 9.59 Å². The second kappa shape index (κ2) is 11.0. The van der Waals surface area contributed by atoms with Crippen LogP contribution >= 0.6 is 11.8 Å². The number of nitrogens with zero attached hydrogens (tertiary/aromatic N) is 3. The van der Waals surface area contributed by atoms with Gasteiger partial charge in [-0.2, -0.15) is 0 Å². The van der Waals surface area contributed by atoms with Gasteiger partial charge in [0, 0.05) is 56.3 Å². The van der Waals surface area contributed by atoms with Crippen molar-refractivity contribution in [2.75, 3.05) is 56.2 Å². The van der Waals surface area contributed by atoms with Gasteiger partial charge in [0.1, 0.15) is 0 Å². The number of thioether (sulfide) groups is 1. The molecule has 2 aliphatic heterocycles. The van der Waals surface area contributed by atoms with Gasteiger partial charge in [0.25, 0.3) is 5.91 Å². The Kier molecular flexibility index (Phi) is 7.53. The average molecular weight is 516 g/mol. The van der Waals surface area contributed by atoms with E-state index >= 15 is 0 Å². The molecule has 37 heavy (non-hydrogen) atoms. The Labute approximate surface area is 223 Å². The van der Waals surface area contributed by atoms with Crippen molar-refractivity contribution in [1.82, 2.24) is 4.90 Å². The fourth-order valence-corrected chi connectivity index (χ4v) is 6.65. The van der Waals surface area contributed by atoms with Gasteiger partial charge in [-0.1, -0.05) is 71.9 Å². The molecule has 2 heterocycles. The second-order valence-electron chi connectivity index (χ2n) is 9.68. The largest absolute Gasteiger partial charge is 0.468 e. The number of hydrogen-bond donors (Lipinski definition) is 0. The van der Waals surface area contributed by atoms with Crippen LogP contribution in [0.3, 0.4) is 0 Å². The zero-order valence-corrected chi connectivity index (χ0v) is 22.2. The van der Waals surface area contributed by atoms with Gasteiger partial charge in [-0.3, -0.25) is 9.69 Å². The summed E-state index contributed by atoms with van der Waals surface area (Å²) in [5, 5.41) is 0. The van der Waals surface area contributed by atoms with Gasteiger partial charge in [-0.15, -0.1) is 0 Å². The minimum Gasteiger partial charge on any atom is -0.468 e. The van der Waals surface area contributed by atoms with E-state index in [1.807, 2.05) is 66.4 Å². The van der Waals surface area contributed by atoms with E-state index in [2.05, 4.69) is 34.1 Å². The Morgan fingerprint density at radius 3 is 2.38 bits per heavy atom. The molecule has 0 N–H and O–H groups in total. The molecule has 5 rings (SSSR count). The van der Waals surface area contributed by atoms with E-state index in [1.165, 1.54) is 24.6 Å². The van der Waals surface area contributed by atoms with Gasteiger partial charge in [-0.25, -0.2) is 4.79 Å². The summed E-state index contributed by atoms with van der Waals surface area (Å²) in [6, 6.07) is 26.4. The highest BCUT2D eigenvalue weighted by atomic mass is 32.2. The monoisotopic (exact) mass is 515 g/mol. The standard InChI is InChI=1S/C30H33N3O3S/c1-23-9-8-10-24(21-23)22-30(29(35)36-2)28(34)33(26-13-6-7-14-27(26)37-30)20-17-31-15-18-32(19-16-31)25-11-4-3-5-12-25/h3-14,21H,15-20,22H2,1-2H3. The number of rotatable bonds is 7. The number of esters is 1.